The molecule has 0 saturated heterocycles. The van der Waals surface area contributed by atoms with Gasteiger partial charge in [0.2, 0.25) is 0 Å². The Labute approximate surface area is 148 Å². The number of phenolic OH excluding ortho intramolecular Hbond substituents is 1. The van der Waals surface area contributed by atoms with Crippen molar-refractivity contribution in [1.29, 1.82) is 0 Å². The van der Waals surface area contributed by atoms with Gasteiger partial charge < -0.3 is 15.3 Å². The predicted molar refractivity (Wildman–Crippen MR) is 95.4 cm³/mol. The summed E-state index contributed by atoms with van der Waals surface area (Å²) in [5.74, 6) is -1.17. The van der Waals surface area contributed by atoms with Crippen molar-refractivity contribution in [1.82, 2.24) is 10.7 Å². The highest BCUT2D eigenvalue weighted by molar-refractivity contribution is 6.35. The zero-order valence-corrected chi connectivity index (χ0v) is 15.1. The molecule has 4 N–H and O–H groups in total. The maximum atomic E-state index is 11.7. The van der Waals surface area contributed by atoms with Crippen LogP contribution in [0.1, 0.15) is 44.7 Å². The maximum Gasteiger partial charge on any atom is 0.329 e. The van der Waals surface area contributed by atoms with Gasteiger partial charge in [-0.15, -0.1) is 0 Å². The maximum absolute atomic E-state index is 11.7. The quantitative estimate of drug-likeness (QED) is 0.316. The van der Waals surface area contributed by atoms with Gasteiger partial charge in [-0.05, 0) is 57.4 Å². The molecule has 0 aliphatic heterocycles. The lowest BCUT2D eigenvalue weighted by molar-refractivity contribution is -0.910. The molecule has 7 nitrogen and oxygen atoms in total. The van der Waals surface area contributed by atoms with Gasteiger partial charge >= 0.3 is 11.8 Å². The van der Waals surface area contributed by atoms with Gasteiger partial charge in [-0.2, -0.15) is 5.10 Å². The molecule has 1 aliphatic rings. The molecule has 1 fully saturated rings. The lowest BCUT2D eigenvalue weighted by Crippen LogP contribution is -3.10. The van der Waals surface area contributed by atoms with E-state index in [2.05, 4.69) is 29.7 Å². The summed E-state index contributed by atoms with van der Waals surface area (Å²) in [6, 6.07) is 5.38. The van der Waals surface area contributed by atoms with Crippen molar-refractivity contribution < 1.29 is 19.6 Å². The largest absolute Gasteiger partial charge is 0.507 e. The fourth-order valence-corrected chi connectivity index (χ4v) is 2.45. The first-order chi connectivity index (χ1) is 11.9. The number of amides is 2. The number of phenols is 1. The summed E-state index contributed by atoms with van der Waals surface area (Å²) in [6.45, 7) is 8.62. The van der Waals surface area contributed by atoms with Crippen molar-refractivity contribution in [2.45, 2.75) is 46.2 Å². The van der Waals surface area contributed by atoms with E-state index in [1.165, 1.54) is 4.90 Å². The Morgan fingerprint density at radius 1 is 1.24 bits per heavy atom. The minimum absolute atomic E-state index is 0.130. The van der Waals surface area contributed by atoms with Crippen molar-refractivity contribution in [2.75, 3.05) is 13.1 Å². The van der Waals surface area contributed by atoms with Crippen molar-refractivity contribution in [3.05, 3.63) is 29.3 Å². The van der Waals surface area contributed by atoms with Crippen LogP contribution in [0.25, 0.3) is 0 Å². The topological polar surface area (TPSA) is 95.2 Å². The lowest BCUT2D eigenvalue weighted by atomic mass is 10.1. The number of aromatic hydroxyl groups is 1. The SMILES string of the molecule is CC[NH+](CC)Cc1cc(/C(C)=N/NC(=O)C(=O)NC2CC2)ccc1O. The summed E-state index contributed by atoms with van der Waals surface area (Å²) < 4.78 is 0. The van der Waals surface area contributed by atoms with E-state index in [0.717, 1.165) is 43.6 Å². The molecular weight excluding hydrogens is 320 g/mol. The Bertz CT molecular complexity index is 664. The molecule has 7 heteroatoms. The van der Waals surface area contributed by atoms with Crippen LogP contribution >= 0.6 is 0 Å². The molecule has 0 heterocycles. The molecule has 0 atom stereocenters. The number of hydrazone groups is 1. The summed E-state index contributed by atoms with van der Waals surface area (Å²) in [4.78, 5) is 24.7. The van der Waals surface area contributed by atoms with Crippen molar-refractivity contribution in [3.63, 3.8) is 0 Å². The number of nitrogens with one attached hydrogen (secondary N) is 3. The fraction of sp³-hybridized carbons (Fsp3) is 0.500. The van der Waals surface area contributed by atoms with E-state index >= 15 is 0 Å². The van der Waals surface area contributed by atoms with Gasteiger partial charge in [0.25, 0.3) is 0 Å². The highest BCUT2D eigenvalue weighted by atomic mass is 16.3. The summed E-state index contributed by atoms with van der Waals surface area (Å²) in [5, 5.41) is 16.7. The van der Waals surface area contributed by atoms with Gasteiger partial charge in [-0.25, -0.2) is 5.43 Å². The van der Waals surface area contributed by atoms with E-state index in [9.17, 15) is 14.7 Å². The molecular formula is C18H27N4O3+. The number of benzene rings is 1. The first-order valence-corrected chi connectivity index (χ1v) is 8.75. The fourth-order valence-electron chi connectivity index (χ4n) is 2.45. The standard InChI is InChI=1S/C18H26N4O3/c1-4-22(5-2)11-14-10-13(6-9-16(14)23)12(3)20-21-18(25)17(24)19-15-7-8-15/h6,9-10,15,23H,4-5,7-8,11H2,1-3H3,(H,19,24)(H,21,25)/p+1/b20-12+. The Morgan fingerprint density at radius 2 is 1.92 bits per heavy atom. The number of hydrogen-bond acceptors (Lipinski definition) is 4. The minimum Gasteiger partial charge on any atom is -0.507 e. The second kappa shape index (κ2) is 8.62. The van der Waals surface area contributed by atoms with Gasteiger partial charge in [-0.1, -0.05) is 0 Å². The van der Waals surface area contributed by atoms with Gasteiger partial charge in [0.1, 0.15) is 12.3 Å². The molecule has 1 saturated carbocycles. The average Bonchev–Trinajstić information content (AvgIpc) is 3.42. The molecule has 0 unspecified atom stereocenters. The van der Waals surface area contributed by atoms with Crippen LogP contribution < -0.4 is 15.6 Å². The number of nitrogens with zero attached hydrogens (tertiary/aromatic N) is 1. The van der Waals surface area contributed by atoms with Crippen LogP contribution in [0.2, 0.25) is 0 Å². The van der Waals surface area contributed by atoms with Gasteiger partial charge in [0.15, 0.2) is 0 Å². The molecule has 136 valence electrons. The molecule has 0 aromatic heterocycles. The van der Waals surface area contributed by atoms with E-state index in [-0.39, 0.29) is 11.8 Å². The Balaban J connectivity index is 2.03. The minimum atomic E-state index is -0.766. The third kappa shape index (κ3) is 5.56. The Morgan fingerprint density at radius 3 is 2.52 bits per heavy atom. The molecule has 2 amide bonds. The lowest BCUT2D eigenvalue weighted by Gasteiger charge is -2.16. The average molecular weight is 347 g/mol. The Kier molecular flexibility index (Phi) is 6.52. The highest BCUT2D eigenvalue weighted by Gasteiger charge is 2.26. The zero-order valence-electron chi connectivity index (χ0n) is 15.1. The predicted octanol–water partition coefficient (Wildman–Crippen LogP) is -0.0643. The molecule has 1 aliphatic carbocycles. The first-order valence-electron chi connectivity index (χ1n) is 8.75. The number of carbonyl (C=O) groups excluding carboxylic acids is 2. The first kappa shape index (κ1) is 18.9. The van der Waals surface area contributed by atoms with Crippen molar-refractivity contribution >= 4 is 17.5 Å². The van der Waals surface area contributed by atoms with Crippen LogP contribution in [-0.2, 0) is 16.1 Å². The van der Waals surface area contributed by atoms with E-state index in [1.54, 1.807) is 19.1 Å². The van der Waals surface area contributed by atoms with Crippen LogP contribution in [0.4, 0.5) is 0 Å². The molecule has 1 aromatic rings. The van der Waals surface area contributed by atoms with E-state index in [0.29, 0.717) is 5.71 Å². The van der Waals surface area contributed by atoms with Gasteiger partial charge in [0.05, 0.1) is 18.8 Å². The third-order valence-electron chi connectivity index (χ3n) is 4.38. The molecule has 2 rings (SSSR count). The molecule has 25 heavy (non-hydrogen) atoms. The van der Waals surface area contributed by atoms with Crippen LogP contribution in [0.3, 0.4) is 0 Å². The Hall–Kier alpha value is -2.41. The van der Waals surface area contributed by atoms with Crippen molar-refractivity contribution in [2.24, 2.45) is 5.10 Å². The summed E-state index contributed by atoms with van der Waals surface area (Å²) >= 11 is 0. The third-order valence-corrected chi connectivity index (χ3v) is 4.38. The van der Waals surface area contributed by atoms with Gasteiger partial charge in [-0.3, -0.25) is 9.59 Å². The molecule has 0 spiro atoms. The van der Waals surface area contributed by atoms with E-state index in [1.807, 2.05) is 6.07 Å². The van der Waals surface area contributed by atoms with E-state index < -0.39 is 11.8 Å². The second-order valence-electron chi connectivity index (χ2n) is 6.36. The van der Waals surface area contributed by atoms with Crippen molar-refractivity contribution in [3.8, 4) is 5.75 Å². The zero-order chi connectivity index (χ0) is 18.4. The van der Waals surface area contributed by atoms with E-state index in [4.69, 9.17) is 0 Å². The number of quaternary nitrogens is 1. The highest BCUT2D eigenvalue weighted by Crippen LogP contribution is 2.19. The van der Waals surface area contributed by atoms with Crippen LogP contribution in [-0.4, -0.2) is 41.8 Å². The summed E-state index contributed by atoms with van der Waals surface area (Å²) in [7, 11) is 0. The molecule has 0 bridgehead atoms. The van der Waals surface area contributed by atoms with Crippen LogP contribution in [0.5, 0.6) is 5.75 Å². The number of rotatable bonds is 7. The number of hydrogen-bond donors (Lipinski definition) is 4. The van der Waals surface area contributed by atoms with Crippen LogP contribution in [0.15, 0.2) is 23.3 Å². The number of carbonyl (C=O) groups is 2. The van der Waals surface area contributed by atoms with Crippen LogP contribution in [0, 0.1) is 0 Å². The smallest absolute Gasteiger partial charge is 0.329 e. The second-order valence-corrected chi connectivity index (χ2v) is 6.36. The van der Waals surface area contributed by atoms with Gasteiger partial charge in [0, 0.05) is 11.6 Å². The molecule has 1 aromatic carbocycles. The normalized spacial score (nSPS) is 14.5. The monoisotopic (exact) mass is 347 g/mol. The summed E-state index contributed by atoms with van der Waals surface area (Å²) in [6.07, 6.45) is 1.85. The summed E-state index contributed by atoms with van der Waals surface area (Å²) in [5.41, 5.74) is 4.48. The molecule has 0 radical (unpaired) electrons.